The van der Waals surface area contributed by atoms with Gasteiger partial charge in [0.15, 0.2) is 21.4 Å². The molecule has 2 rings (SSSR count). The van der Waals surface area contributed by atoms with Crippen molar-refractivity contribution in [2.45, 2.75) is 83.6 Å². The van der Waals surface area contributed by atoms with Crippen LogP contribution in [0.25, 0.3) is 0 Å². The van der Waals surface area contributed by atoms with Gasteiger partial charge in [-0.05, 0) is 76.5 Å². The average molecular weight is 428 g/mol. The van der Waals surface area contributed by atoms with E-state index in [4.69, 9.17) is 4.74 Å². The molecule has 1 aliphatic rings. The van der Waals surface area contributed by atoms with Gasteiger partial charge in [-0.15, -0.1) is 0 Å². The first-order valence-corrected chi connectivity index (χ1v) is 12.4. The lowest BCUT2D eigenvalue weighted by atomic mass is 9.89. The molecule has 0 spiro atoms. The van der Waals surface area contributed by atoms with Gasteiger partial charge in [0, 0.05) is 11.6 Å². The van der Waals surface area contributed by atoms with Gasteiger partial charge in [-0.1, -0.05) is 26.7 Å². The molecule has 0 atom stereocenters. The smallest absolute Gasteiger partial charge is 0.179 e. The minimum absolute atomic E-state index is 0.0436. The van der Waals surface area contributed by atoms with Crippen LogP contribution in [0, 0.1) is 17.2 Å². The number of benzene rings is 1. The zero-order valence-electron chi connectivity index (χ0n) is 18.7. The number of nitrogens with one attached hydrogen (secondary N) is 1. The second-order valence-electron chi connectivity index (χ2n) is 10.3. The minimum Gasteiger partial charge on any atom is -0.490 e. The van der Waals surface area contributed by atoms with Gasteiger partial charge >= 0.3 is 0 Å². The van der Waals surface area contributed by atoms with Crippen LogP contribution in [0.1, 0.15) is 73.1 Å². The highest BCUT2D eigenvalue weighted by atomic mass is 32.2. The number of sulfone groups is 1. The maximum absolute atomic E-state index is 14.0. The molecule has 1 fully saturated rings. The van der Waals surface area contributed by atoms with Crippen molar-refractivity contribution in [1.29, 1.82) is 0 Å². The van der Waals surface area contributed by atoms with Crippen molar-refractivity contribution >= 4 is 9.84 Å². The highest BCUT2D eigenvalue weighted by molar-refractivity contribution is 7.91. The Morgan fingerprint density at radius 3 is 2.41 bits per heavy atom. The van der Waals surface area contributed by atoms with Gasteiger partial charge in [0.1, 0.15) is 0 Å². The number of unbranched alkanes of at least 4 members (excludes halogenated alkanes) is 2. The SMILES string of the molecule is CC(C)(CCCCCNC(C)(C)C)CS(=O)(=O)c1ccc(F)c(OCC2CC2)c1. The van der Waals surface area contributed by atoms with E-state index in [0.717, 1.165) is 45.1 Å². The molecule has 0 bridgehead atoms. The number of rotatable bonds is 12. The summed E-state index contributed by atoms with van der Waals surface area (Å²) < 4.78 is 45.3. The molecule has 1 aromatic carbocycles. The molecule has 1 aliphatic carbocycles. The van der Waals surface area contributed by atoms with Crippen LogP contribution in [0.4, 0.5) is 4.39 Å². The van der Waals surface area contributed by atoms with Crippen LogP contribution in [0.15, 0.2) is 23.1 Å². The van der Waals surface area contributed by atoms with E-state index in [2.05, 4.69) is 26.1 Å². The molecule has 29 heavy (non-hydrogen) atoms. The lowest BCUT2D eigenvalue weighted by Gasteiger charge is -2.25. The Balaban J connectivity index is 1.87. The van der Waals surface area contributed by atoms with Gasteiger partial charge in [0.25, 0.3) is 0 Å². The zero-order valence-corrected chi connectivity index (χ0v) is 19.5. The van der Waals surface area contributed by atoms with Crippen molar-refractivity contribution < 1.29 is 17.5 Å². The van der Waals surface area contributed by atoms with E-state index in [1.54, 1.807) is 0 Å². The average Bonchev–Trinajstić information content (AvgIpc) is 3.39. The molecular weight excluding hydrogens is 389 g/mol. The Bertz CT molecular complexity index is 765. The third kappa shape index (κ3) is 9.04. The Labute approximate surface area is 176 Å². The van der Waals surface area contributed by atoms with Gasteiger partial charge in [0.05, 0.1) is 17.3 Å². The molecule has 0 aromatic heterocycles. The fraction of sp³-hybridized carbons (Fsp3) is 0.739. The van der Waals surface area contributed by atoms with Crippen molar-refractivity contribution in [3.63, 3.8) is 0 Å². The van der Waals surface area contributed by atoms with Crippen LogP contribution in [0.3, 0.4) is 0 Å². The Morgan fingerprint density at radius 1 is 1.10 bits per heavy atom. The number of halogens is 1. The fourth-order valence-corrected chi connectivity index (χ4v) is 5.22. The maximum atomic E-state index is 14.0. The van der Waals surface area contributed by atoms with Gasteiger partial charge in [-0.25, -0.2) is 12.8 Å². The first kappa shape index (κ1) is 24.1. The van der Waals surface area contributed by atoms with Crippen LogP contribution < -0.4 is 10.1 Å². The number of hydrogen-bond acceptors (Lipinski definition) is 4. The molecule has 1 N–H and O–H groups in total. The summed E-state index contributed by atoms with van der Waals surface area (Å²) in [5.74, 6) is 0.0653. The predicted molar refractivity (Wildman–Crippen MR) is 117 cm³/mol. The molecular formula is C23H38FNO3S. The Hall–Kier alpha value is -1.14. The van der Waals surface area contributed by atoms with Gasteiger partial charge in [-0.2, -0.15) is 0 Å². The van der Waals surface area contributed by atoms with Crippen LogP contribution in [0.5, 0.6) is 5.75 Å². The number of ether oxygens (including phenoxy) is 1. The molecule has 0 amide bonds. The zero-order chi connectivity index (χ0) is 21.7. The van der Waals surface area contributed by atoms with Crippen molar-refractivity contribution in [3.8, 4) is 5.75 Å². The fourth-order valence-electron chi connectivity index (χ4n) is 3.32. The normalized spacial score (nSPS) is 15.5. The molecule has 166 valence electrons. The minimum atomic E-state index is -3.51. The monoisotopic (exact) mass is 427 g/mol. The summed E-state index contributed by atoms with van der Waals surface area (Å²) in [5, 5.41) is 3.47. The topological polar surface area (TPSA) is 55.4 Å². The van der Waals surface area contributed by atoms with Crippen molar-refractivity contribution in [2.24, 2.45) is 11.3 Å². The van der Waals surface area contributed by atoms with E-state index in [-0.39, 0.29) is 27.4 Å². The summed E-state index contributed by atoms with van der Waals surface area (Å²) >= 11 is 0. The highest BCUT2D eigenvalue weighted by Crippen LogP contribution is 2.32. The van der Waals surface area contributed by atoms with E-state index in [0.29, 0.717) is 12.5 Å². The highest BCUT2D eigenvalue weighted by Gasteiger charge is 2.28. The standard InChI is InChI=1S/C23H38FNO3S/c1-22(2,3)25-14-8-6-7-13-23(4,5)17-29(26,27)19-11-12-20(24)21(15-19)28-16-18-9-10-18/h11-12,15,18,25H,6-10,13-14,16-17H2,1-5H3. The van der Waals surface area contributed by atoms with Crippen molar-refractivity contribution in [2.75, 3.05) is 18.9 Å². The Kier molecular flexibility index (Phi) is 8.14. The van der Waals surface area contributed by atoms with E-state index in [9.17, 15) is 12.8 Å². The molecule has 0 radical (unpaired) electrons. The van der Waals surface area contributed by atoms with E-state index < -0.39 is 15.7 Å². The third-order valence-electron chi connectivity index (χ3n) is 5.20. The number of hydrogen-bond donors (Lipinski definition) is 1. The van der Waals surface area contributed by atoms with Gasteiger partial charge in [-0.3, -0.25) is 0 Å². The molecule has 4 nitrogen and oxygen atoms in total. The van der Waals surface area contributed by atoms with E-state index >= 15 is 0 Å². The van der Waals surface area contributed by atoms with Crippen molar-refractivity contribution in [1.82, 2.24) is 5.32 Å². The van der Waals surface area contributed by atoms with Crippen LogP contribution in [-0.4, -0.2) is 32.9 Å². The summed E-state index contributed by atoms with van der Waals surface area (Å²) in [4.78, 5) is 0.146. The largest absolute Gasteiger partial charge is 0.490 e. The summed E-state index contributed by atoms with van der Waals surface area (Å²) in [5.41, 5.74) is -0.205. The van der Waals surface area contributed by atoms with Crippen LogP contribution >= 0.6 is 0 Å². The summed E-state index contributed by atoms with van der Waals surface area (Å²) in [7, 11) is -3.51. The summed E-state index contributed by atoms with van der Waals surface area (Å²) in [6.07, 6.45) is 6.18. The third-order valence-corrected chi connectivity index (χ3v) is 7.33. The molecule has 0 unspecified atom stereocenters. The lowest BCUT2D eigenvalue weighted by molar-refractivity contribution is 0.284. The molecule has 1 saturated carbocycles. The van der Waals surface area contributed by atoms with Crippen LogP contribution in [-0.2, 0) is 9.84 Å². The summed E-state index contributed by atoms with van der Waals surface area (Å²) in [6, 6.07) is 3.90. The molecule has 0 saturated heterocycles. The molecule has 6 heteroatoms. The van der Waals surface area contributed by atoms with Gasteiger partial charge in [0.2, 0.25) is 0 Å². The first-order chi connectivity index (χ1) is 13.4. The first-order valence-electron chi connectivity index (χ1n) is 10.8. The van der Waals surface area contributed by atoms with Gasteiger partial charge < -0.3 is 10.1 Å². The maximum Gasteiger partial charge on any atom is 0.179 e. The predicted octanol–water partition coefficient (Wildman–Crippen LogP) is 5.36. The lowest BCUT2D eigenvalue weighted by Crippen LogP contribution is -2.36. The second kappa shape index (κ2) is 9.78. The molecule has 0 heterocycles. The quantitative estimate of drug-likeness (QED) is 0.360. The molecule has 1 aromatic rings. The van der Waals surface area contributed by atoms with Crippen molar-refractivity contribution in [3.05, 3.63) is 24.0 Å². The van der Waals surface area contributed by atoms with E-state index in [1.165, 1.54) is 18.2 Å². The summed E-state index contributed by atoms with van der Waals surface area (Å²) in [6.45, 7) is 11.9. The van der Waals surface area contributed by atoms with Crippen LogP contribution in [0.2, 0.25) is 0 Å². The second-order valence-corrected chi connectivity index (χ2v) is 12.2. The molecule has 0 aliphatic heterocycles. The Morgan fingerprint density at radius 2 is 1.79 bits per heavy atom. The van der Waals surface area contributed by atoms with E-state index in [1.807, 2.05) is 13.8 Å².